The third-order valence-electron chi connectivity index (χ3n) is 5.27. The number of hydroxylamine groups is 3. The maximum absolute atomic E-state index is 13.0. The summed E-state index contributed by atoms with van der Waals surface area (Å²) in [5, 5.41) is 11.0. The molecule has 1 aliphatic heterocycles. The average molecular weight is 535 g/mol. The third-order valence-corrected chi connectivity index (χ3v) is 8.77. The first-order chi connectivity index (χ1) is 16.1. The van der Waals surface area contributed by atoms with E-state index in [0.717, 1.165) is 10.5 Å². The topological polar surface area (TPSA) is 78.9 Å². The number of thioether (sulfide) groups is 2. The van der Waals surface area contributed by atoms with Crippen molar-refractivity contribution in [3.05, 3.63) is 60.2 Å². The van der Waals surface area contributed by atoms with Crippen LogP contribution in [0.5, 0.6) is 0 Å². The van der Waals surface area contributed by atoms with Crippen LogP contribution in [-0.2, 0) is 26.6 Å². The van der Waals surface area contributed by atoms with Gasteiger partial charge in [0.25, 0.3) is 5.91 Å². The molecule has 2 atom stereocenters. The largest absolute Gasteiger partial charge is 0.446 e. The summed E-state index contributed by atoms with van der Waals surface area (Å²) in [4.78, 5) is 13.4. The molecule has 0 aromatic heterocycles. The lowest BCUT2D eigenvalue weighted by molar-refractivity contribution is -0.132. The van der Waals surface area contributed by atoms with Gasteiger partial charge in [-0.1, -0.05) is 30.3 Å². The van der Waals surface area contributed by atoms with Crippen LogP contribution in [0, 0.1) is 0 Å². The Kier molecular flexibility index (Phi) is 9.47. The van der Waals surface area contributed by atoms with Crippen LogP contribution >= 0.6 is 23.5 Å². The highest BCUT2D eigenvalue weighted by Gasteiger charge is 2.43. The molecule has 1 aliphatic rings. The van der Waals surface area contributed by atoms with Crippen molar-refractivity contribution in [2.75, 3.05) is 13.1 Å². The van der Waals surface area contributed by atoms with E-state index in [2.05, 4.69) is 0 Å². The fraction of sp³-hybridized carbons (Fsp3) is 0.409. The number of nitrogens with one attached hydrogen (secondary N) is 1. The van der Waals surface area contributed by atoms with Crippen LogP contribution in [0.2, 0.25) is 0 Å². The van der Waals surface area contributed by atoms with Crippen LogP contribution in [0.1, 0.15) is 25.3 Å². The van der Waals surface area contributed by atoms with Crippen molar-refractivity contribution < 1.29 is 31.7 Å². The molecule has 1 fully saturated rings. The van der Waals surface area contributed by atoms with E-state index in [4.69, 9.17) is 4.28 Å². The van der Waals surface area contributed by atoms with E-state index in [-0.39, 0.29) is 28.3 Å². The van der Waals surface area contributed by atoms with Crippen LogP contribution in [0.25, 0.3) is 0 Å². The van der Waals surface area contributed by atoms with Crippen molar-refractivity contribution in [3.8, 4) is 0 Å². The van der Waals surface area contributed by atoms with Gasteiger partial charge in [-0.25, -0.2) is 9.69 Å². The summed E-state index contributed by atoms with van der Waals surface area (Å²) in [5.41, 5.74) is -1.93. The number of carbonyl (C=O) groups is 1. The highest BCUT2D eigenvalue weighted by atomic mass is 32.2. The summed E-state index contributed by atoms with van der Waals surface area (Å²) in [6.45, 7) is 2.44. The number of hydrogen-bond acceptors (Lipinski definition) is 7. The van der Waals surface area contributed by atoms with E-state index in [1.165, 1.54) is 19.1 Å². The maximum atomic E-state index is 13.0. The Morgan fingerprint density at radius 1 is 1.12 bits per heavy atom. The molecule has 0 aliphatic carbocycles. The quantitative estimate of drug-likeness (QED) is 0.268. The summed E-state index contributed by atoms with van der Waals surface area (Å²) in [5.74, 6) is -0.799. The SMILES string of the molecule is CC(Cc1ccccc1)(C(=O)NO)S(=O)ON1CCC(Sc2ccc(SC(F)(F)F)cc2)CC1. The second-order valence-corrected chi connectivity index (χ2v) is 11.9. The van der Waals surface area contributed by atoms with E-state index in [0.29, 0.717) is 25.9 Å². The first-order valence-corrected chi connectivity index (χ1v) is 13.2. The molecule has 1 amide bonds. The molecule has 2 aromatic carbocycles. The fourth-order valence-corrected chi connectivity index (χ4v) is 6.08. The number of nitrogens with zero attached hydrogens (tertiary/aromatic N) is 1. The Balaban J connectivity index is 1.53. The number of rotatable bonds is 9. The zero-order valence-corrected chi connectivity index (χ0v) is 20.7. The van der Waals surface area contributed by atoms with Crippen molar-refractivity contribution in [3.63, 3.8) is 0 Å². The van der Waals surface area contributed by atoms with E-state index in [9.17, 15) is 27.4 Å². The molecule has 6 nitrogen and oxygen atoms in total. The van der Waals surface area contributed by atoms with Crippen LogP contribution in [0.15, 0.2) is 64.4 Å². The maximum Gasteiger partial charge on any atom is 0.446 e. The number of piperidine rings is 1. The molecule has 0 bridgehead atoms. The molecule has 2 N–H and O–H groups in total. The van der Waals surface area contributed by atoms with Gasteiger partial charge in [-0.2, -0.15) is 22.5 Å². The molecule has 3 rings (SSSR count). The lowest BCUT2D eigenvalue weighted by Crippen LogP contribution is -2.51. The molecule has 0 saturated carbocycles. The monoisotopic (exact) mass is 534 g/mol. The predicted octanol–water partition coefficient (Wildman–Crippen LogP) is 4.96. The number of alkyl halides is 3. The minimum atomic E-state index is -4.31. The summed E-state index contributed by atoms with van der Waals surface area (Å²) in [6.07, 6.45) is 1.53. The molecule has 2 aromatic rings. The van der Waals surface area contributed by atoms with Crippen molar-refractivity contribution >= 4 is 40.5 Å². The minimum absolute atomic E-state index is 0.113. The number of hydrogen-bond donors (Lipinski definition) is 2. The molecule has 0 spiro atoms. The zero-order valence-electron chi connectivity index (χ0n) is 18.3. The van der Waals surface area contributed by atoms with E-state index in [1.807, 2.05) is 18.2 Å². The van der Waals surface area contributed by atoms with Gasteiger partial charge in [-0.3, -0.25) is 10.0 Å². The number of benzene rings is 2. The minimum Gasteiger partial charge on any atom is -0.289 e. The first-order valence-electron chi connectivity index (χ1n) is 10.5. The van der Waals surface area contributed by atoms with Gasteiger partial charge in [-0.05, 0) is 61.4 Å². The predicted molar refractivity (Wildman–Crippen MR) is 127 cm³/mol. The van der Waals surface area contributed by atoms with Crippen LogP contribution < -0.4 is 5.48 Å². The van der Waals surface area contributed by atoms with Crippen molar-refractivity contribution in [1.82, 2.24) is 10.5 Å². The van der Waals surface area contributed by atoms with Gasteiger partial charge in [0, 0.05) is 34.6 Å². The number of amides is 1. The molecule has 34 heavy (non-hydrogen) atoms. The van der Waals surface area contributed by atoms with Crippen LogP contribution in [0.3, 0.4) is 0 Å². The molecule has 0 radical (unpaired) electrons. The van der Waals surface area contributed by atoms with Gasteiger partial charge < -0.3 is 0 Å². The molecule has 1 heterocycles. The van der Waals surface area contributed by atoms with Crippen molar-refractivity contribution in [2.24, 2.45) is 0 Å². The van der Waals surface area contributed by atoms with Crippen LogP contribution in [0.4, 0.5) is 13.2 Å². The second-order valence-electron chi connectivity index (χ2n) is 7.91. The Bertz CT molecular complexity index is 972. The Hall–Kier alpha value is -1.57. The van der Waals surface area contributed by atoms with Gasteiger partial charge in [0.15, 0.2) is 15.8 Å². The van der Waals surface area contributed by atoms with Gasteiger partial charge in [0.2, 0.25) is 0 Å². The summed E-state index contributed by atoms with van der Waals surface area (Å²) >= 11 is -0.615. The molecule has 2 unspecified atom stereocenters. The number of carbonyl (C=O) groups excluding carboxylic acids is 1. The standard InChI is InChI=1S/C22H25F3N2O4S3/c1-21(20(28)26-29,15-16-5-3-2-4-6-16)34(30)31-27-13-11-18(12-14-27)32-17-7-9-19(10-8-17)33-22(23,24)25/h2-10,18,29H,11-15H2,1H3,(H,26,28). The van der Waals surface area contributed by atoms with E-state index >= 15 is 0 Å². The summed E-state index contributed by atoms with van der Waals surface area (Å²) in [6, 6.07) is 15.3. The second kappa shape index (κ2) is 11.9. The van der Waals surface area contributed by atoms with Crippen LogP contribution in [-0.4, -0.2) is 49.0 Å². The Morgan fingerprint density at radius 3 is 2.26 bits per heavy atom. The molecule has 186 valence electrons. The van der Waals surface area contributed by atoms with Crippen molar-refractivity contribution in [2.45, 2.75) is 51.5 Å². The van der Waals surface area contributed by atoms with Crippen molar-refractivity contribution in [1.29, 1.82) is 0 Å². The average Bonchev–Trinajstić information content (AvgIpc) is 2.80. The highest BCUT2D eigenvalue weighted by Crippen LogP contribution is 2.38. The summed E-state index contributed by atoms with van der Waals surface area (Å²) < 4.78 is 54.6. The summed E-state index contributed by atoms with van der Waals surface area (Å²) in [7, 11) is 0. The first kappa shape index (κ1) is 27.0. The zero-order chi connectivity index (χ0) is 24.8. The Labute approximate surface area is 207 Å². The molecule has 12 heteroatoms. The van der Waals surface area contributed by atoms with Gasteiger partial charge >= 0.3 is 5.51 Å². The smallest absolute Gasteiger partial charge is 0.289 e. The van der Waals surface area contributed by atoms with Gasteiger partial charge in [-0.15, -0.1) is 11.8 Å². The van der Waals surface area contributed by atoms with Gasteiger partial charge in [0.05, 0.1) is 0 Å². The molecular weight excluding hydrogens is 509 g/mol. The van der Waals surface area contributed by atoms with Gasteiger partial charge in [0.1, 0.15) is 0 Å². The third kappa shape index (κ3) is 7.72. The molecule has 1 saturated heterocycles. The normalized spacial score (nSPS) is 18.3. The van der Waals surface area contributed by atoms with E-state index < -0.39 is 27.2 Å². The lowest BCUT2D eigenvalue weighted by atomic mass is 10.00. The Morgan fingerprint density at radius 2 is 1.71 bits per heavy atom. The van der Waals surface area contributed by atoms with E-state index in [1.54, 1.807) is 46.6 Å². The fourth-order valence-electron chi connectivity index (χ4n) is 3.43. The molecular formula is C22H25F3N2O4S3. The highest BCUT2D eigenvalue weighted by molar-refractivity contribution is 8.00. The number of halogens is 3. The lowest BCUT2D eigenvalue weighted by Gasteiger charge is -2.33.